The summed E-state index contributed by atoms with van der Waals surface area (Å²) < 4.78 is 11.1. The molecule has 0 saturated heterocycles. The van der Waals surface area contributed by atoms with Crippen molar-refractivity contribution in [2.75, 3.05) is 26.7 Å². The maximum absolute atomic E-state index is 5.79. The minimum atomic E-state index is 0.363. The smallest absolute Gasteiger partial charge is 0.216 e. The first-order chi connectivity index (χ1) is 14.2. The van der Waals surface area contributed by atoms with Gasteiger partial charge in [-0.15, -0.1) is 0 Å². The number of hydrogen-bond acceptors (Lipinski definition) is 5. The third-order valence-corrected chi connectivity index (χ3v) is 4.28. The molecule has 0 aliphatic carbocycles. The van der Waals surface area contributed by atoms with Gasteiger partial charge in [-0.3, -0.25) is 10.1 Å². The number of ether oxygens (including phenoxy) is 1. The van der Waals surface area contributed by atoms with Crippen molar-refractivity contribution in [3.63, 3.8) is 0 Å². The molecule has 0 aliphatic rings. The Kier molecular flexibility index (Phi) is 7.82. The third-order valence-electron chi connectivity index (χ3n) is 4.28. The van der Waals surface area contributed by atoms with Gasteiger partial charge in [0, 0.05) is 26.6 Å². The van der Waals surface area contributed by atoms with Gasteiger partial charge in [0.1, 0.15) is 5.82 Å². The van der Waals surface area contributed by atoms with E-state index in [4.69, 9.17) is 9.15 Å². The molecule has 0 spiro atoms. The van der Waals surface area contributed by atoms with Crippen molar-refractivity contribution in [3.8, 4) is 11.6 Å². The highest BCUT2D eigenvalue weighted by molar-refractivity contribution is 5.79. The fourth-order valence-electron chi connectivity index (χ4n) is 2.73. The zero-order valence-electron chi connectivity index (χ0n) is 16.9. The number of hydrogen-bond donors (Lipinski definition) is 3. The molecule has 0 radical (unpaired) electrons. The molecule has 1 atom stereocenters. The van der Waals surface area contributed by atoms with Crippen LogP contribution in [0.2, 0.25) is 0 Å². The fourth-order valence-corrected chi connectivity index (χ4v) is 2.73. The van der Waals surface area contributed by atoms with Crippen LogP contribution in [0.4, 0.5) is 0 Å². The summed E-state index contributed by atoms with van der Waals surface area (Å²) >= 11 is 0. The molecule has 8 nitrogen and oxygen atoms in total. The second-order valence-corrected chi connectivity index (χ2v) is 6.82. The Morgan fingerprint density at radius 3 is 2.83 bits per heavy atom. The molecule has 3 aromatic rings. The molecule has 0 amide bonds. The lowest BCUT2D eigenvalue weighted by molar-refractivity contribution is 0.0931. The number of nitrogens with one attached hydrogen (secondary N) is 3. The Bertz CT molecular complexity index is 860. The van der Waals surface area contributed by atoms with E-state index in [2.05, 4.69) is 49.9 Å². The van der Waals surface area contributed by atoms with Gasteiger partial charge in [-0.05, 0) is 23.6 Å². The zero-order chi connectivity index (χ0) is 20.3. The minimum Gasteiger partial charge on any atom is -0.461 e. The van der Waals surface area contributed by atoms with Crippen LogP contribution in [0.1, 0.15) is 18.3 Å². The van der Waals surface area contributed by atoms with Crippen LogP contribution in [0.3, 0.4) is 0 Å². The number of benzene rings is 1. The average molecular weight is 396 g/mol. The number of guanidine groups is 1. The molecular formula is C21H28N6O2. The van der Waals surface area contributed by atoms with Crippen LogP contribution < -0.4 is 10.6 Å². The summed E-state index contributed by atoms with van der Waals surface area (Å²) in [5, 5.41) is 13.7. The van der Waals surface area contributed by atoms with Crippen molar-refractivity contribution in [1.82, 2.24) is 25.8 Å². The van der Waals surface area contributed by atoms with Crippen LogP contribution in [0.15, 0.2) is 58.1 Å². The van der Waals surface area contributed by atoms with Gasteiger partial charge in [-0.25, -0.2) is 4.98 Å². The maximum atomic E-state index is 5.79. The first-order valence-corrected chi connectivity index (χ1v) is 9.76. The van der Waals surface area contributed by atoms with Crippen molar-refractivity contribution < 1.29 is 9.15 Å². The van der Waals surface area contributed by atoms with E-state index in [0.717, 1.165) is 18.3 Å². The highest BCUT2D eigenvalue weighted by Gasteiger charge is 2.09. The second kappa shape index (κ2) is 11.0. The van der Waals surface area contributed by atoms with E-state index < -0.39 is 0 Å². The largest absolute Gasteiger partial charge is 0.461 e. The van der Waals surface area contributed by atoms with Crippen molar-refractivity contribution in [3.05, 3.63) is 60.1 Å². The van der Waals surface area contributed by atoms with Gasteiger partial charge in [0.05, 0.1) is 19.5 Å². The molecular weight excluding hydrogens is 368 g/mol. The lowest BCUT2D eigenvalue weighted by Gasteiger charge is -2.16. The first kappa shape index (κ1) is 20.6. The monoisotopic (exact) mass is 396 g/mol. The predicted molar refractivity (Wildman–Crippen MR) is 112 cm³/mol. The van der Waals surface area contributed by atoms with Crippen LogP contribution in [-0.2, 0) is 17.8 Å². The highest BCUT2D eigenvalue weighted by atomic mass is 16.5. The Labute approximate surface area is 170 Å². The summed E-state index contributed by atoms with van der Waals surface area (Å²) in [5.74, 6) is 3.13. The molecule has 0 aliphatic heterocycles. The molecule has 0 saturated carbocycles. The average Bonchev–Trinajstić information content (AvgIpc) is 3.43. The first-order valence-electron chi connectivity index (χ1n) is 9.76. The SMILES string of the molecule is CN=C(NCCc1nc(-c2ccco2)n[nH]1)NCC(C)COCc1ccccc1. The van der Waals surface area contributed by atoms with Gasteiger partial charge in [-0.1, -0.05) is 37.3 Å². The molecule has 3 N–H and O–H groups in total. The summed E-state index contributed by atoms with van der Waals surface area (Å²) in [6, 6.07) is 13.8. The van der Waals surface area contributed by atoms with Gasteiger partial charge in [0.25, 0.3) is 0 Å². The number of nitrogens with zero attached hydrogens (tertiary/aromatic N) is 3. The molecule has 2 aromatic heterocycles. The van der Waals surface area contributed by atoms with Crippen LogP contribution in [-0.4, -0.2) is 47.9 Å². The zero-order valence-corrected chi connectivity index (χ0v) is 16.9. The quantitative estimate of drug-likeness (QED) is 0.360. The van der Waals surface area contributed by atoms with Gasteiger partial charge in [0.2, 0.25) is 5.82 Å². The van der Waals surface area contributed by atoms with Crippen LogP contribution in [0.25, 0.3) is 11.6 Å². The van der Waals surface area contributed by atoms with Gasteiger partial charge >= 0.3 is 0 Å². The molecule has 0 fully saturated rings. The van der Waals surface area contributed by atoms with Crippen LogP contribution in [0.5, 0.6) is 0 Å². The normalized spacial score (nSPS) is 12.7. The van der Waals surface area contributed by atoms with Crippen LogP contribution >= 0.6 is 0 Å². The van der Waals surface area contributed by atoms with Crippen molar-refractivity contribution in [2.24, 2.45) is 10.9 Å². The van der Waals surface area contributed by atoms with Gasteiger partial charge in [-0.2, -0.15) is 5.10 Å². The topological polar surface area (TPSA) is 100 Å². The Hall–Kier alpha value is -3.13. The standard InChI is InChI=1S/C21H28N6O2/c1-16(14-28-15-17-7-4-3-5-8-17)13-24-21(22-2)23-11-10-19-25-20(27-26-19)18-9-6-12-29-18/h3-9,12,16H,10-11,13-15H2,1-2H3,(H2,22,23,24)(H,25,26,27). The van der Waals surface area contributed by atoms with E-state index in [1.165, 1.54) is 5.56 Å². The van der Waals surface area contributed by atoms with E-state index in [1.54, 1.807) is 13.3 Å². The van der Waals surface area contributed by atoms with Gasteiger partial charge in [0.15, 0.2) is 11.7 Å². The highest BCUT2D eigenvalue weighted by Crippen LogP contribution is 2.14. The summed E-state index contributed by atoms with van der Waals surface area (Å²) in [4.78, 5) is 8.69. The lowest BCUT2D eigenvalue weighted by Crippen LogP contribution is -2.40. The summed E-state index contributed by atoms with van der Waals surface area (Å²) in [6.45, 7) is 4.93. The summed E-state index contributed by atoms with van der Waals surface area (Å²) in [7, 11) is 1.76. The number of aromatic amines is 1. The molecule has 1 unspecified atom stereocenters. The summed E-state index contributed by atoms with van der Waals surface area (Å²) in [5.41, 5.74) is 1.19. The number of rotatable bonds is 10. The molecule has 8 heteroatoms. The molecule has 1 aromatic carbocycles. The predicted octanol–water partition coefficient (Wildman–Crippen LogP) is 2.63. The lowest BCUT2D eigenvalue weighted by atomic mass is 10.2. The van der Waals surface area contributed by atoms with E-state index in [-0.39, 0.29) is 0 Å². The minimum absolute atomic E-state index is 0.363. The fraction of sp³-hybridized carbons (Fsp3) is 0.381. The van der Waals surface area contributed by atoms with E-state index in [9.17, 15) is 0 Å². The van der Waals surface area contributed by atoms with E-state index >= 15 is 0 Å². The van der Waals surface area contributed by atoms with E-state index in [1.807, 2.05) is 30.3 Å². The van der Waals surface area contributed by atoms with Crippen LogP contribution in [0, 0.1) is 5.92 Å². The second-order valence-electron chi connectivity index (χ2n) is 6.82. The molecule has 2 heterocycles. The molecule has 0 bridgehead atoms. The van der Waals surface area contributed by atoms with Gasteiger partial charge < -0.3 is 19.8 Å². The number of furan rings is 1. The Morgan fingerprint density at radius 1 is 1.21 bits per heavy atom. The molecule has 29 heavy (non-hydrogen) atoms. The molecule has 154 valence electrons. The van der Waals surface area contributed by atoms with Crippen molar-refractivity contribution in [2.45, 2.75) is 20.0 Å². The van der Waals surface area contributed by atoms with Crippen molar-refractivity contribution >= 4 is 5.96 Å². The molecule has 3 rings (SSSR count). The Balaban J connectivity index is 1.32. The Morgan fingerprint density at radius 2 is 2.07 bits per heavy atom. The third kappa shape index (κ3) is 6.76. The maximum Gasteiger partial charge on any atom is 0.216 e. The number of aliphatic imine (C=N–C) groups is 1. The summed E-state index contributed by atoms with van der Waals surface area (Å²) in [6.07, 6.45) is 2.31. The van der Waals surface area contributed by atoms with Crippen molar-refractivity contribution in [1.29, 1.82) is 0 Å². The number of H-pyrrole nitrogens is 1. The van der Waals surface area contributed by atoms with E-state index in [0.29, 0.717) is 43.7 Å². The number of aromatic nitrogens is 3.